The molecular weight excluding hydrogens is 260 g/mol. The van der Waals surface area contributed by atoms with E-state index in [4.69, 9.17) is 4.74 Å². The number of methoxy groups -OCH3 is 1. The van der Waals surface area contributed by atoms with Crippen LogP contribution in [0.25, 0.3) is 0 Å². The van der Waals surface area contributed by atoms with Crippen LogP contribution in [0, 0.1) is 0 Å². The molecule has 0 radical (unpaired) electrons. The molecule has 1 saturated heterocycles. The molecule has 0 saturated carbocycles. The van der Waals surface area contributed by atoms with Gasteiger partial charge in [0, 0.05) is 25.7 Å². The maximum Gasteiger partial charge on any atom is 0.410 e. The van der Waals surface area contributed by atoms with E-state index < -0.39 is 5.60 Å². The van der Waals surface area contributed by atoms with Crippen LogP contribution in [0.4, 0.5) is 4.79 Å². The fourth-order valence-electron chi connectivity index (χ4n) is 2.17. The van der Waals surface area contributed by atoms with Crippen molar-refractivity contribution in [2.24, 2.45) is 0 Å². The summed E-state index contributed by atoms with van der Waals surface area (Å²) in [6, 6.07) is 0.141. The molecule has 1 amide bonds. The van der Waals surface area contributed by atoms with Gasteiger partial charge in [0.2, 0.25) is 0 Å². The Kier molecular flexibility index (Phi) is 6.26. The first-order chi connectivity index (χ1) is 9.33. The number of rotatable bonds is 5. The van der Waals surface area contributed by atoms with Crippen molar-refractivity contribution in [3.8, 4) is 0 Å². The molecule has 0 bridgehead atoms. The third-order valence-electron chi connectivity index (χ3n) is 3.12. The summed E-state index contributed by atoms with van der Waals surface area (Å²) in [7, 11) is 1.38. The molecule has 20 heavy (non-hydrogen) atoms. The van der Waals surface area contributed by atoms with Gasteiger partial charge in [-0.1, -0.05) is 0 Å². The van der Waals surface area contributed by atoms with E-state index in [1.165, 1.54) is 7.11 Å². The summed E-state index contributed by atoms with van der Waals surface area (Å²) < 4.78 is 9.97. The van der Waals surface area contributed by atoms with Gasteiger partial charge in [-0.3, -0.25) is 4.79 Å². The molecule has 1 rings (SSSR count). The highest BCUT2D eigenvalue weighted by Gasteiger charge is 2.31. The van der Waals surface area contributed by atoms with Crippen LogP contribution < -0.4 is 5.32 Å². The lowest BCUT2D eigenvalue weighted by Gasteiger charge is -2.28. The highest BCUT2D eigenvalue weighted by molar-refractivity contribution is 5.69. The lowest BCUT2D eigenvalue weighted by atomic mass is 10.2. The summed E-state index contributed by atoms with van der Waals surface area (Å²) in [5.74, 6) is -0.229. The van der Waals surface area contributed by atoms with E-state index in [1.807, 2.05) is 20.8 Å². The van der Waals surface area contributed by atoms with Crippen LogP contribution in [0.15, 0.2) is 0 Å². The average molecular weight is 286 g/mol. The topological polar surface area (TPSA) is 67.9 Å². The zero-order valence-electron chi connectivity index (χ0n) is 12.9. The summed E-state index contributed by atoms with van der Waals surface area (Å²) >= 11 is 0. The van der Waals surface area contributed by atoms with Crippen LogP contribution in [-0.2, 0) is 14.3 Å². The van der Waals surface area contributed by atoms with Gasteiger partial charge in [0.15, 0.2) is 0 Å². The molecule has 1 unspecified atom stereocenters. The molecule has 0 aliphatic carbocycles. The molecule has 116 valence electrons. The molecule has 6 nitrogen and oxygen atoms in total. The molecule has 6 heteroatoms. The largest absolute Gasteiger partial charge is 0.469 e. The van der Waals surface area contributed by atoms with Crippen molar-refractivity contribution in [1.82, 2.24) is 10.2 Å². The Balaban J connectivity index is 2.34. The van der Waals surface area contributed by atoms with Gasteiger partial charge in [-0.2, -0.15) is 0 Å². The number of likely N-dealkylation sites (tertiary alicyclic amines) is 1. The second-order valence-corrected chi connectivity index (χ2v) is 6.00. The summed E-state index contributed by atoms with van der Waals surface area (Å²) in [5.41, 5.74) is -0.470. The molecule has 1 fully saturated rings. The minimum absolute atomic E-state index is 0.141. The maximum absolute atomic E-state index is 12.1. The maximum atomic E-state index is 12.1. The SMILES string of the molecule is COC(=O)CCNCC1CCCN1C(=O)OC(C)(C)C. The van der Waals surface area contributed by atoms with Crippen molar-refractivity contribution in [1.29, 1.82) is 0 Å². The number of carbonyl (C=O) groups is 2. The number of esters is 1. The van der Waals surface area contributed by atoms with E-state index in [9.17, 15) is 9.59 Å². The predicted molar refractivity (Wildman–Crippen MR) is 75.5 cm³/mol. The summed E-state index contributed by atoms with van der Waals surface area (Å²) in [4.78, 5) is 24.8. The van der Waals surface area contributed by atoms with Crippen LogP contribution in [0.3, 0.4) is 0 Å². The molecule has 0 spiro atoms. The van der Waals surface area contributed by atoms with E-state index >= 15 is 0 Å². The summed E-state index contributed by atoms with van der Waals surface area (Å²) in [5, 5.41) is 3.19. The molecule has 0 aromatic rings. The van der Waals surface area contributed by atoms with Crippen molar-refractivity contribution in [2.45, 2.75) is 51.7 Å². The van der Waals surface area contributed by atoms with Crippen molar-refractivity contribution < 1.29 is 19.1 Å². The number of nitrogens with zero attached hydrogens (tertiary/aromatic N) is 1. The van der Waals surface area contributed by atoms with Gasteiger partial charge in [-0.25, -0.2) is 4.79 Å². The minimum Gasteiger partial charge on any atom is -0.469 e. The summed E-state index contributed by atoms with van der Waals surface area (Å²) in [6.07, 6.45) is 2.04. The molecule has 1 N–H and O–H groups in total. The second kappa shape index (κ2) is 7.47. The zero-order valence-corrected chi connectivity index (χ0v) is 12.9. The standard InChI is InChI=1S/C14H26N2O4/c1-14(2,3)20-13(18)16-9-5-6-11(16)10-15-8-7-12(17)19-4/h11,15H,5-10H2,1-4H3. The number of carbonyl (C=O) groups excluding carboxylic acids is 2. The van der Waals surface area contributed by atoms with Crippen LogP contribution in [-0.4, -0.2) is 55.3 Å². The van der Waals surface area contributed by atoms with Gasteiger partial charge in [0.1, 0.15) is 5.60 Å². The van der Waals surface area contributed by atoms with Gasteiger partial charge in [-0.15, -0.1) is 0 Å². The van der Waals surface area contributed by atoms with Gasteiger partial charge in [-0.05, 0) is 33.6 Å². The lowest BCUT2D eigenvalue weighted by Crippen LogP contribution is -2.44. The first-order valence-electron chi connectivity index (χ1n) is 7.10. The van der Waals surface area contributed by atoms with Crippen molar-refractivity contribution >= 4 is 12.1 Å². The molecule has 1 aliphatic rings. The Morgan fingerprint density at radius 2 is 2.05 bits per heavy atom. The van der Waals surface area contributed by atoms with Crippen molar-refractivity contribution in [3.05, 3.63) is 0 Å². The van der Waals surface area contributed by atoms with Crippen LogP contribution in [0.2, 0.25) is 0 Å². The summed E-state index contributed by atoms with van der Waals surface area (Å²) in [6.45, 7) is 7.57. The van der Waals surface area contributed by atoms with E-state index in [0.29, 0.717) is 19.5 Å². The molecular formula is C14H26N2O4. The fourth-order valence-corrected chi connectivity index (χ4v) is 2.17. The molecule has 0 aromatic carbocycles. The second-order valence-electron chi connectivity index (χ2n) is 6.00. The number of amides is 1. The molecule has 0 aromatic heterocycles. The Morgan fingerprint density at radius 3 is 2.65 bits per heavy atom. The van der Waals surface area contributed by atoms with Crippen LogP contribution in [0.5, 0.6) is 0 Å². The Labute approximate surface area is 120 Å². The van der Waals surface area contributed by atoms with Crippen LogP contribution >= 0.6 is 0 Å². The molecule has 1 atom stereocenters. The quantitative estimate of drug-likeness (QED) is 0.613. The molecule has 1 aliphatic heterocycles. The monoisotopic (exact) mass is 286 g/mol. The fraction of sp³-hybridized carbons (Fsp3) is 0.857. The van der Waals surface area contributed by atoms with Gasteiger partial charge < -0.3 is 19.7 Å². The Morgan fingerprint density at radius 1 is 1.35 bits per heavy atom. The van der Waals surface area contributed by atoms with E-state index in [-0.39, 0.29) is 18.1 Å². The van der Waals surface area contributed by atoms with Crippen LogP contribution in [0.1, 0.15) is 40.0 Å². The third-order valence-corrected chi connectivity index (χ3v) is 3.12. The van der Waals surface area contributed by atoms with E-state index in [0.717, 1.165) is 19.4 Å². The highest BCUT2D eigenvalue weighted by Crippen LogP contribution is 2.20. The average Bonchev–Trinajstić information content (AvgIpc) is 2.80. The first-order valence-corrected chi connectivity index (χ1v) is 7.10. The number of hydrogen-bond acceptors (Lipinski definition) is 5. The minimum atomic E-state index is -0.470. The Bertz CT molecular complexity index is 339. The number of hydrogen-bond donors (Lipinski definition) is 1. The number of nitrogens with one attached hydrogen (secondary N) is 1. The Hall–Kier alpha value is -1.30. The predicted octanol–water partition coefficient (Wildman–Crippen LogP) is 1.54. The van der Waals surface area contributed by atoms with Gasteiger partial charge in [0.05, 0.1) is 13.5 Å². The van der Waals surface area contributed by atoms with Gasteiger partial charge >= 0.3 is 12.1 Å². The first kappa shape index (κ1) is 16.8. The van der Waals surface area contributed by atoms with E-state index in [1.54, 1.807) is 4.90 Å². The third kappa shape index (κ3) is 5.77. The van der Waals surface area contributed by atoms with Gasteiger partial charge in [0.25, 0.3) is 0 Å². The zero-order chi connectivity index (χ0) is 15.2. The van der Waals surface area contributed by atoms with Crippen molar-refractivity contribution in [2.75, 3.05) is 26.7 Å². The van der Waals surface area contributed by atoms with E-state index in [2.05, 4.69) is 10.1 Å². The highest BCUT2D eigenvalue weighted by atomic mass is 16.6. The lowest BCUT2D eigenvalue weighted by molar-refractivity contribution is -0.140. The van der Waals surface area contributed by atoms with Crippen molar-refractivity contribution in [3.63, 3.8) is 0 Å². The smallest absolute Gasteiger partial charge is 0.410 e. The number of ether oxygens (including phenoxy) is 2. The normalized spacial score (nSPS) is 19.0. The molecule has 1 heterocycles.